The lowest BCUT2D eigenvalue weighted by atomic mass is 10.1. The van der Waals surface area contributed by atoms with E-state index in [2.05, 4.69) is 5.32 Å². The van der Waals surface area contributed by atoms with Gasteiger partial charge in [-0.25, -0.2) is 4.39 Å². The molecule has 1 amide bonds. The molecule has 2 aromatic rings. The molecular weight excluding hydrogens is 305 g/mol. The van der Waals surface area contributed by atoms with Gasteiger partial charge in [-0.15, -0.1) is 11.3 Å². The SMILES string of the molecule is CC(O)(CO)CNC(=O)c1sc2cc(F)ccc2c1Cl. The Morgan fingerprint density at radius 3 is 2.90 bits per heavy atom. The van der Waals surface area contributed by atoms with Crippen LogP contribution in [0.15, 0.2) is 18.2 Å². The summed E-state index contributed by atoms with van der Waals surface area (Å²) in [6.07, 6.45) is 0. The second-order valence-corrected chi connectivity index (χ2v) is 6.15. The number of amides is 1. The summed E-state index contributed by atoms with van der Waals surface area (Å²) in [4.78, 5) is 12.3. The molecule has 0 saturated carbocycles. The fourth-order valence-corrected chi connectivity index (χ4v) is 3.05. The highest BCUT2D eigenvalue weighted by atomic mass is 35.5. The number of carbonyl (C=O) groups excluding carboxylic acids is 1. The molecule has 0 aliphatic carbocycles. The highest BCUT2D eigenvalue weighted by molar-refractivity contribution is 7.21. The Hall–Kier alpha value is -1.21. The van der Waals surface area contributed by atoms with E-state index < -0.39 is 23.9 Å². The van der Waals surface area contributed by atoms with E-state index in [1.54, 1.807) is 0 Å². The summed E-state index contributed by atoms with van der Waals surface area (Å²) in [6.45, 7) is 0.815. The number of hydrogen-bond donors (Lipinski definition) is 3. The van der Waals surface area contributed by atoms with Crippen LogP contribution in [0, 0.1) is 5.82 Å². The first-order valence-electron chi connectivity index (χ1n) is 5.83. The molecule has 1 atom stereocenters. The quantitative estimate of drug-likeness (QED) is 0.809. The first-order valence-corrected chi connectivity index (χ1v) is 7.02. The number of benzene rings is 1. The highest BCUT2D eigenvalue weighted by Gasteiger charge is 2.22. The fraction of sp³-hybridized carbons (Fsp3) is 0.308. The third-order valence-electron chi connectivity index (χ3n) is 2.77. The van der Waals surface area contributed by atoms with E-state index in [0.717, 1.165) is 11.3 Å². The number of aliphatic hydroxyl groups is 2. The lowest BCUT2D eigenvalue weighted by molar-refractivity contribution is 0.00323. The Bertz CT molecular complexity index is 656. The molecule has 2 rings (SSSR count). The average molecular weight is 318 g/mol. The highest BCUT2D eigenvalue weighted by Crippen LogP contribution is 2.35. The predicted octanol–water partition coefficient (Wildman–Crippen LogP) is 2.17. The van der Waals surface area contributed by atoms with E-state index in [-0.39, 0.29) is 16.4 Å². The summed E-state index contributed by atoms with van der Waals surface area (Å²) in [7, 11) is 0. The fourth-order valence-electron chi connectivity index (χ4n) is 1.59. The van der Waals surface area contributed by atoms with Gasteiger partial charge in [0.1, 0.15) is 16.3 Å². The number of thiophene rings is 1. The molecule has 1 aromatic heterocycles. The Balaban J connectivity index is 2.24. The van der Waals surface area contributed by atoms with Gasteiger partial charge in [0.25, 0.3) is 5.91 Å². The van der Waals surface area contributed by atoms with E-state index in [0.29, 0.717) is 10.1 Å². The Morgan fingerprint density at radius 1 is 1.55 bits per heavy atom. The van der Waals surface area contributed by atoms with E-state index in [9.17, 15) is 14.3 Å². The molecule has 7 heteroatoms. The normalized spacial score (nSPS) is 14.2. The molecular formula is C13H13ClFNO3S. The van der Waals surface area contributed by atoms with Crippen molar-refractivity contribution in [3.8, 4) is 0 Å². The molecule has 1 aromatic carbocycles. The van der Waals surface area contributed by atoms with Crippen molar-refractivity contribution in [2.45, 2.75) is 12.5 Å². The van der Waals surface area contributed by atoms with Crippen LogP contribution in [0.2, 0.25) is 5.02 Å². The van der Waals surface area contributed by atoms with E-state index >= 15 is 0 Å². The minimum atomic E-state index is -1.40. The number of carbonyl (C=O) groups is 1. The molecule has 20 heavy (non-hydrogen) atoms. The molecule has 3 N–H and O–H groups in total. The minimum absolute atomic E-state index is 0.110. The molecule has 0 aliphatic heterocycles. The topological polar surface area (TPSA) is 69.6 Å². The Morgan fingerprint density at radius 2 is 2.25 bits per heavy atom. The standard InChI is InChI=1S/C13H13ClFNO3S/c1-13(19,6-17)5-16-12(18)11-10(14)8-3-2-7(15)4-9(8)20-11/h2-4,17,19H,5-6H2,1H3,(H,16,18). The van der Waals surface area contributed by atoms with Crippen molar-refractivity contribution in [3.63, 3.8) is 0 Å². The van der Waals surface area contributed by atoms with Gasteiger partial charge >= 0.3 is 0 Å². The number of fused-ring (bicyclic) bond motifs is 1. The van der Waals surface area contributed by atoms with Gasteiger partial charge in [0.05, 0.1) is 11.6 Å². The number of nitrogens with one attached hydrogen (secondary N) is 1. The van der Waals surface area contributed by atoms with Crippen LogP contribution in [0.5, 0.6) is 0 Å². The monoisotopic (exact) mass is 317 g/mol. The van der Waals surface area contributed by atoms with Crippen molar-refractivity contribution < 1.29 is 19.4 Å². The molecule has 0 radical (unpaired) electrons. The maximum absolute atomic E-state index is 13.1. The first-order chi connectivity index (χ1) is 9.34. The van der Waals surface area contributed by atoms with E-state index in [1.807, 2.05) is 0 Å². The van der Waals surface area contributed by atoms with Crippen molar-refractivity contribution in [1.29, 1.82) is 0 Å². The van der Waals surface area contributed by atoms with E-state index in [1.165, 1.54) is 25.1 Å². The smallest absolute Gasteiger partial charge is 0.263 e. The van der Waals surface area contributed by atoms with E-state index in [4.69, 9.17) is 16.7 Å². The number of halogens is 2. The van der Waals surface area contributed by atoms with Gasteiger partial charge in [0.2, 0.25) is 0 Å². The summed E-state index contributed by atoms with van der Waals surface area (Å²) in [5.74, 6) is -0.865. The predicted molar refractivity (Wildman–Crippen MR) is 76.8 cm³/mol. The third kappa shape index (κ3) is 3.09. The molecule has 4 nitrogen and oxygen atoms in total. The molecule has 108 valence electrons. The second-order valence-electron chi connectivity index (χ2n) is 4.72. The molecule has 0 aliphatic rings. The summed E-state index contributed by atoms with van der Waals surface area (Å²) in [5, 5.41) is 21.9. The summed E-state index contributed by atoms with van der Waals surface area (Å²) < 4.78 is 13.7. The number of hydrogen-bond acceptors (Lipinski definition) is 4. The van der Waals surface area contributed by atoms with Crippen LogP contribution in [-0.2, 0) is 0 Å². The van der Waals surface area contributed by atoms with Crippen LogP contribution in [0.1, 0.15) is 16.6 Å². The minimum Gasteiger partial charge on any atom is -0.393 e. The molecule has 0 bridgehead atoms. The summed E-state index contributed by atoms with van der Waals surface area (Å²) in [5.41, 5.74) is -1.40. The van der Waals surface area contributed by atoms with Crippen LogP contribution >= 0.6 is 22.9 Å². The first kappa shape index (κ1) is 15.2. The van der Waals surface area contributed by atoms with Crippen LogP contribution in [0.4, 0.5) is 4.39 Å². The molecule has 1 unspecified atom stereocenters. The maximum atomic E-state index is 13.1. The van der Waals surface area contributed by atoms with Crippen molar-refractivity contribution in [3.05, 3.63) is 33.9 Å². The lowest BCUT2D eigenvalue weighted by Gasteiger charge is -2.20. The van der Waals surface area contributed by atoms with Crippen LogP contribution in [0.25, 0.3) is 10.1 Å². The molecule has 0 fully saturated rings. The largest absolute Gasteiger partial charge is 0.393 e. The molecule has 0 saturated heterocycles. The zero-order valence-electron chi connectivity index (χ0n) is 10.6. The van der Waals surface area contributed by atoms with Crippen LogP contribution in [-0.4, -0.2) is 34.9 Å². The van der Waals surface area contributed by atoms with Gasteiger partial charge in [0, 0.05) is 16.6 Å². The van der Waals surface area contributed by atoms with Crippen LogP contribution < -0.4 is 5.32 Å². The van der Waals surface area contributed by atoms with Gasteiger partial charge < -0.3 is 15.5 Å². The zero-order chi connectivity index (χ0) is 14.9. The van der Waals surface area contributed by atoms with Crippen LogP contribution in [0.3, 0.4) is 0 Å². The van der Waals surface area contributed by atoms with Gasteiger partial charge in [-0.1, -0.05) is 11.6 Å². The maximum Gasteiger partial charge on any atom is 0.263 e. The lowest BCUT2D eigenvalue weighted by Crippen LogP contribution is -2.43. The van der Waals surface area contributed by atoms with Crippen molar-refractivity contribution in [2.75, 3.05) is 13.2 Å². The summed E-state index contributed by atoms with van der Waals surface area (Å²) in [6, 6.07) is 4.11. The Labute approximate surface area is 123 Å². The summed E-state index contributed by atoms with van der Waals surface area (Å²) >= 11 is 7.18. The van der Waals surface area contributed by atoms with Gasteiger partial charge in [-0.3, -0.25) is 4.79 Å². The van der Waals surface area contributed by atoms with Gasteiger partial charge in [-0.05, 0) is 25.1 Å². The second kappa shape index (κ2) is 5.65. The number of rotatable bonds is 4. The van der Waals surface area contributed by atoms with Crippen molar-refractivity contribution >= 4 is 38.9 Å². The number of aliphatic hydroxyl groups excluding tert-OH is 1. The van der Waals surface area contributed by atoms with Gasteiger partial charge in [-0.2, -0.15) is 0 Å². The third-order valence-corrected chi connectivity index (χ3v) is 4.42. The molecule has 1 heterocycles. The molecule has 0 spiro atoms. The Kier molecular flexibility index (Phi) is 4.29. The average Bonchev–Trinajstić information content (AvgIpc) is 2.73. The van der Waals surface area contributed by atoms with Crippen molar-refractivity contribution in [2.24, 2.45) is 0 Å². The zero-order valence-corrected chi connectivity index (χ0v) is 12.2. The van der Waals surface area contributed by atoms with Gasteiger partial charge in [0.15, 0.2) is 0 Å². The van der Waals surface area contributed by atoms with Crippen molar-refractivity contribution in [1.82, 2.24) is 5.32 Å².